The van der Waals surface area contributed by atoms with Crippen molar-refractivity contribution in [2.45, 2.75) is 27.2 Å². The van der Waals surface area contributed by atoms with E-state index in [1.165, 1.54) is 4.90 Å². The summed E-state index contributed by atoms with van der Waals surface area (Å²) in [5.74, 6) is -0.267. The smallest absolute Gasteiger partial charge is 0.239 e. The fourth-order valence-electron chi connectivity index (χ4n) is 1.99. The molecule has 2 amide bonds. The minimum atomic E-state index is -0.596. The van der Waals surface area contributed by atoms with Crippen LogP contribution in [0.1, 0.15) is 25.8 Å². The summed E-state index contributed by atoms with van der Waals surface area (Å²) in [4.78, 5) is 25.4. The third-order valence-corrected chi connectivity index (χ3v) is 3.60. The van der Waals surface area contributed by atoms with Gasteiger partial charge in [-0.2, -0.15) is 0 Å². The van der Waals surface area contributed by atoms with Gasteiger partial charge in [0.2, 0.25) is 11.8 Å². The number of nitrogens with zero attached hydrogens (tertiary/aromatic N) is 1. The molecule has 0 aliphatic carbocycles. The van der Waals surface area contributed by atoms with Gasteiger partial charge in [0.05, 0.1) is 11.1 Å². The number of carbonyl (C=O) groups excluding carboxylic acids is 2. The molecule has 0 atom stereocenters. The maximum absolute atomic E-state index is 12.2. The fraction of sp³-hybridized carbons (Fsp3) is 0.385. The number of hydrogen-bond donors (Lipinski definition) is 0. The SMILES string of the molecule is Cc1ccc(N2C(=O)CC(C)(C)C2=O)c(Br)c1. The Hall–Kier alpha value is -1.16. The topological polar surface area (TPSA) is 37.4 Å². The highest BCUT2D eigenvalue weighted by atomic mass is 79.9. The number of benzene rings is 1. The second-order valence-electron chi connectivity index (χ2n) is 5.05. The van der Waals surface area contributed by atoms with E-state index < -0.39 is 5.41 Å². The zero-order valence-electron chi connectivity index (χ0n) is 10.1. The van der Waals surface area contributed by atoms with Gasteiger partial charge in [-0.05, 0) is 40.5 Å². The van der Waals surface area contributed by atoms with Crippen LogP contribution in [0, 0.1) is 12.3 Å². The van der Waals surface area contributed by atoms with Crippen LogP contribution in [0.25, 0.3) is 0 Å². The van der Waals surface area contributed by atoms with Gasteiger partial charge in [0.1, 0.15) is 0 Å². The predicted octanol–water partition coefficient (Wildman–Crippen LogP) is 3.05. The Balaban J connectivity index is 2.48. The van der Waals surface area contributed by atoms with Crippen LogP contribution in [-0.2, 0) is 9.59 Å². The van der Waals surface area contributed by atoms with Crippen molar-refractivity contribution in [2.75, 3.05) is 4.90 Å². The van der Waals surface area contributed by atoms with Crippen LogP contribution in [0.3, 0.4) is 0 Å². The molecule has 1 heterocycles. The first-order valence-electron chi connectivity index (χ1n) is 5.46. The molecule has 1 aliphatic heterocycles. The predicted molar refractivity (Wildman–Crippen MR) is 69.8 cm³/mol. The van der Waals surface area contributed by atoms with E-state index in [0.29, 0.717) is 5.69 Å². The van der Waals surface area contributed by atoms with Gasteiger partial charge in [-0.15, -0.1) is 0 Å². The van der Waals surface area contributed by atoms with E-state index in [2.05, 4.69) is 15.9 Å². The second kappa shape index (κ2) is 3.95. The number of anilines is 1. The first-order chi connectivity index (χ1) is 7.83. The lowest BCUT2D eigenvalue weighted by Gasteiger charge is -2.19. The molecule has 0 N–H and O–H groups in total. The van der Waals surface area contributed by atoms with Crippen LogP contribution < -0.4 is 4.90 Å². The summed E-state index contributed by atoms with van der Waals surface area (Å²) in [7, 11) is 0. The highest BCUT2D eigenvalue weighted by molar-refractivity contribution is 9.10. The molecule has 2 rings (SSSR count). The zero-order valence-corrected chi connectivity index (χ0v) is 11.7. The molecule has 0 unspecified atom stereocenters. The molecule has 4 heteroatoms. The van der Waals surface area contributed by atoms with E-state index in [-0.39, 0.29) is 18.2 Å². The molecule has 1 fully saturated rings. The lowest BCUT2D eigenvalue weighted by atomic mass is 9.92. The van der Waals surface area contributed by atoms with E-state index in [4.69, 9.17) is 0 Å². The van der Waals surface area contributed by atoms with Crippen molar-refractivity contribution in [3.63, 3.8) is 0 Å². The molecule has 0 aromatic heterocycles. The third-order valence-electron chi connectivity index (χ3n) is 2.97. The first kappa shape index (κ1) is 12.3. The lowest BCUT2D eigenvalue weighted by Crippen LogP contribution is -2.33. The normalized spacial score (nSPS) is 18.9. The minimum Gasteiger partial charge on any atom is -0.274 e. The van der Waals surface area contributed by atoms with E-state index in [1.807, 2.05) is 19.1 Å². The van der Waals surface area contributed by atoms with Gasteiger partial charge in [-0.3, -0.25) is 9.59 Å². The fourth-order valence-corrected chi connectivity index (χ4v) is 2.66. The summed E-state index contributed by atoms with van der Waals surface area (Å²) in [6.07, 6.45) is 0.270. The van der Waals surface area contributed by atoms with Crippen LogP contribution in [0.4, 0.5) is 5.69 Å². The van der Waals surface area contributed by atoms with E-state index in [0.717, 1.165) is 10.0 Å². The standard InChI is InChI=1S/C13H14BrNO2/c1-8-4-5-10(9(14)6-8)15-11(16)7-13(2,3)12(15)17/h4-6H,7H2,1-3H3. The van der Waals surface area contributed by atoms with Crippen molar-refractivity contribution < 1.29 is 9.59 Å². The molecule has 1 aromatic carbocycles. The van der Waals surface area contributed by atoms with Crippen LogP contribution >= 0.6 is 15.9 Å². The Morgan fingerprint density at radius 2 is 1.94 bits per heavy atom. The third kappa shape index (κ3) is 2.02. The molecule has 1 saturated heterocycles. The summed E-state index contributed by atoms with van der Waals surface area (Å²) < 4.78 is 0.775. The van der Waals surface area contributed by atoms with Crippen molar-refractivity contribution in [3.05, 3.63) is 28.2 Å². The van der Waals surface area contributed by atoms with Gasteiger partial charge in [0.25, 0.3) is 0 Å². The monoisotopic (exact) mass is 295 g/mol. The highest BCUT2D eigenvalue weighted by Crippen LogP contribution is 2.38. The van der Waals surface area contributed by atoms with Crippen molar-refractivity contribution in [2.24, 2.45) is 5.41 Å². The summed E-state index contributed by atoms with van der Waals surface area (Å²) in [5, 5.41) is 0. The van der Waals surface area contributed by atoms with Crippen molar-refractivity contribution >= 4 is 33.4 Å². The second-order valence-corrected chi connectivity index (χ2v) is 5.90. The van der Waals surface area contributed by atoms with Crippen molar-refractivity contribution in [1.82, 2.24) is 0 Å². The molecule has 0 bridgehead atoms. The molecular weight excluding hydrogens is 282 g/mol. The Bertz CT molecular complexity index is 508. The molecule has 3 nitrogen and oxygen atoms in total. The van der Waals surface area contributed by atoms with E-state index >= 15 is 0 Å². The average molecular weight is 296 g/mol. The molecule has 0 radical (unpaired) electrons. The summed E-state index contributed by atoms with van der Waals surface area (Å²) >= 11 is 3.40. The van der Waals surface area contributed by atoms with Crippen molar-refractivity contribution in [3.8, 4) is 0 Å². The number of halogens is 1. The minimum absolute atomic E-state index is 0.132. The van der Waals surface area contributed by atoms with Crippen LogP contribution in [0.2, 0.25) is 0 Å². The average Bonchev–Trinajstić information content (AvgIpc) is 2.39. The molecule has 17 heavy (non-hydrogen) atoms. The lowest BCUT2D eigenvalue weighted by molar-refractivity contribution is -0.124. The molecule has 0 saturated carbocycles. The van der Waals surface area contributed by atoms with Gasteiger partial charge in [0.15, 0.2) is 0 Å². The number of carbonyl (C=O) groups is 2. The molecular formula is C13H14BrNO2. The van der Waals surface area contributed by atoms with Gasteiger partial charge < -0.3 is 0 Å². The number of amides is 2. The van der Waals surface area contributed by atoms with Gasteiger partial charge in [-0.1, -0.05) is 19.9 Å². The maximum Gasteiger partial charge on any atom is 0.239 e. The number of hydrogen-bond acceptors (Lipinski definition) is 2. The summed E-state index contributed by atoms with van der Waals surface area (Å²) in [5.41, 5.74) is 1.12. The summed E-state index contributed by atoms with van der Waals surface area (Å²) in [6.45, 7) is 5.57. The van der Waals surface area contributed by atoms with Crippen LogP contribution in [0.15, 0.2) is 22.7 Å². The largest absolute Gasteiger partial charge is 0.274 e. The molecule has 90 valence electrons. The quantitative estimate of drug-likeness (QED) is 0.747. The number of aryl methyl sites for hydroxylation is 1. The number of imide groups is 1. The summed E-state index contributed by atoms with van der Waals surface area (Å²) in [6, 6.07) is 5.60. The zero-order chi connectivity index (χ0) is 12.8. The highest BCUT2D eigenvalue weighted by Gasteiger charge is 2.45. The van der Waals surface area contributed by atoms with Crippen LogP contribution in [-0.4, -0.2) is 11.8 Å². The van der Waals surface area contributed by atoms with E-state index in [1.54, 1.807) is 19.9 Å². The Morgan fingerprint density at radius 1 is 1.29 bits per heavy atom. The van der Waals surface area contributed by atoms with Gasteiger partial charge in [0, 0.05) is 10.9 Å². The van der Waals surface area contributed by atoms with E-state index in [9.17, 15) is 9.59 Å². The maximum atomic E-state index is 12.2. The van der Waals surface area contributed by atoms with Gasteiger partial charge in [-0.25, -0.2) is 4.90 Å². The Kier molecular flexibility index (Phi) is 2.86. The Labute approximate surface area is 109 Å². The Morgan fingerprint density at radius 3 is 2.41 bits per heavy atom. The molecule has 1 aliphatic rings. The first-order valence-corrected chi connectivity index (χ1v) is 6.26. The molecule has 1 aromatic rings. The number of rotatable bonds is 1. The van der Waals surface area contributed by atoms with Crippen LogP contribution in [0.5, 0.6) is 0 Å². The van der Waals surface area contributed by atoms with Crippen molar-refractivity contribution in [1.29, 1.82) is 0 Å². The van der Waals surface area contributed by atoms with Gasteiger partial charge >= 0.3 is 0 Å². The molecule has 0 spiro atoms.